The van der Waals surface area contributed by atoms with Crippen molar-refractivity contribution in [3.63, 3.8) is 0 Å². The fourth-order valence-corrected chi connectivity index (χ4v) is 4.28. The van der Waals surface area contributed by atoms with E-state index >= 15 is 0 Å². The van der Waals surface area contributed by atoms with Gasteiger partial charge in [0.2, 0.25) is 0 Å². The van der Waals surface area contributed by atoms with Crippen LogP contribution in [0.25, 0.3) is 0 Å². The highest BCUT2D eigenvalue weighted by atomic mass is 35.5. The molecule has 0 aliphatic carbocycles. The number of methoxy groups -OCH3 is 1. The van der Waals surface area contributed by atoms with Crippen LogP contribution in [0.1, 0.15) is 15.9 Å². The zero-order chi connectivity index (χ0) is 25.9. The maximum absolute atomic E-state index is 13.5. The van der Waals surface area contributed by atoms with Crippen LogP contribution in [0.3, 0.4) is 0 Å². The van der Waals surface area contributed by atoms with Crippen molar-refractivity contribution in [1.82, 2.24) is 4.31 Å². The number of amidine groups is 1. The Hall–Kier alpha value is -3.57. The van der Waals surface area contributed by atoms with E-state index in [1.54, 1.807) is 6.07 Å². The van der Waals surface area contributed by atoms with Gasteiger partial charge in [-0.05, 0) is 48.9 Å². The van der Waals surface area contributed by atoms with E-state index in [4.69, 9.17) is 16.3 Å². The van der Waals surface area contributed by atoms with E-state index in [9.17, 15) is 18.0 Å². The Morgan fingerprint density at radius 3 is 2.49 bits per heavy atom. The molecular weight excluding hydrogens is 494 g/mol. The van der Waals surface area contributed by atoms with Crippen molar-refractivity contribution in [2.45, 2.75) is 13.0 Å². The molecule has 1 unspecified atom stereocenters. The van der Waals surface area contributed by atoms with Crippen molar-refractivity contribution in [2.24, 2.45) is 4.99 Å². The predicted octanol–water partition coefficient (Wildman–Crippen LogP) is 3.07. The maximum Gasteiger partial charge on any atom is 0.337 e. The van der Waals surface area contributed by atoms with Crippen LogP contribution < -0.4 is 15.5 Å². The predicted molar refractivity (Wildman–Crippen MR) is 138 cm³/mol. The van der Waals surface area contributed by atoms with E-state index in [1.807, 2.05) is 38.1 Å². The number of hydrogen-bond donors (Lipinski definition) is 2. The number of carbonyl (C=O) groups excluding carboxylic acids is 2. The second-order valence-electron chi connectivity index (χ2n) is 7.93. The Bertz CT molecular complexity index is 1320. The lowest BCUT2D eigenvalue weighted by molar-refractivity contribution is -0.115. The van der Waals surface area contributed by atoms with Gasteiger partial charge in [0.25, 0.3) is 15.9 Å². The molecule has 3 rings (SSSR count). The summed E-state index contributed by atoms with van der Waals surface area (Å²) in [6, 6.07) is 8.66. The normalized spacial score (nSPS) is 15.1. The van der Waals surface area contributed by atoms with E-state index in [2.05, 4.69) is 15.6 Å². The Morgan fingerprint density at radius 1 is 1.14 bits per heavy atom. The van der Waals surface area contributed by atoms with Gasteiger partial charge in [0, 0.05) is 38.7 Å². The van der Waals surface area contributed by atoms with Crippen molar-refractivity contribution in [2.75, 3.05) is 43.8 Å². The molecule has 2 aromatic rings. The lowest BCUT2D eigenvalue weighted by Crippen LogP contribution is -2.50. The summed E-state index contributed by atoms with van der Waals surface area (Å²) >= 11 is 6.25. The number of anilines is 3. The summed E-state index contributed by atoms with van der Waals surface area (Å²) in [5, 5.41) is 6.90. The van der Waals surface area contributed by atoms with Crippen molar-refractivity contribution in [1.29, 1.82) is 0 Å². The van der Waals surface area contributed by atoms with Gasteiger partial charge < -0.3 is 20.3 Å². The van der Waals surface area contributed by atoms with Crippen LogP contribution in [0.5, 0.6) is 0 Å². The Balaban J connectivity index is 2.01. The number of benzene rings is 2. The number of aliphatic imine (C=N–C) groups is 1. The molecule has 1 amide bonds. The number of hydrogen-bond acceptors (Lipinski definition) is 8. The number of carbonyl (C=O) groups is 2. The summed E-state index contributed by atoms with van der Waals surface area (Å²) in [5.74, 6) is -1.28. The summed E-state index contributed by atoms with van der Waals surface area (Å²) in [6.45, 7) is 1.87. The van der Waals surface area contributed by atoms with Gasteiger partial charge in [-0.3, -0.25) is 9.10 Å². The number of nitrogens with zero attached hydrogens (tertiary/aromatic N) is 3. The van der Waals surface area contributed by atoms with Gasteiger partial charge in [-0.1, -0.05) is 11.6 Å². The summed E-state index contributed by atoms with van der Waals surface area (Å²) < 4.78 is 30.5. The van der Waals surface area contributed by atoms with Crippen molar-refractivity contribution in [3.05, 3.63) is 64.2 Å². The number of esters is 1. The second-order valence-corrected chi connectivity index (χ2v) is 10.2. The molecule has 0 aromatic heterocycles. The van der Waals surface area contributed by atoms with Crippen molar-refractivity contribution < 1.29 is 22.7 Å². The molecule has 0 bridgehead atoms. The van der Waals surface area contributed by atoms with Crippen molar-refractivity contribution in [3.8, 4) is 0 Å². The molecule has 0 radical (unpaired) electrons. The van der Waals surface area contributed by atoms with Gasteiger partial charge in [0.1, 0.15) is 0 Å². The fourth-order valence-electron chi connectivity index (χ4n) is 3.30. The highest BCUT2D eigenvalue weighted by Crippen LogP contribution is 2.26. The molecule has 12 heteroatoms. The molecule has 1 aliphatic heterocycles. The molecule has 1 heterocycles. The third kappa shape index (κ3) is 5.75. The standard InChI is InChI=1S/C23H26ClN5O5S/c1-14-12-16(28(2)3)7-9-18(14)26-20(21-25-10-11-35(32,33)29(21)4)22(30)27-19-13-15(23(31)34-5)6-8-17(19)24/h6-13,20,26H,1-5H3,(H,27,30). The number of halogens is 1. The Labute approximate surface area is 209 Å². The minimum Gasteiger partial charge on any atom is -0.465 e. The van der Waals surface area contributed by atoms with Crippen molar-refractivity contribution >= 4 is 56.4 Å². The third-order valence-corrected chi connectivity index (χ3v) is 7.08. The lowest BCUT2D eigenvalue weighted by Gasteiger charge is -2.29. The van der Waals surface area contributed by atoms with Gasteiger partial charge >= 0.3 is 5.97 Å². The molecule has 0 spiro atoms. The SMILES string of the molecule is COC(=O)c1ccc(Cl)c(NC(=O)C(Nc2ccc(N(C)C)cc2C)C2=NC=CS(=O)(=O)N2C)c1. The molecule has 0 saturated heterocycles. The van der Waals surface area contributed by atoms with Crippen LogP contribution in [0, 0.1) is 6.92 Å². The summed E-state index contributed by atoms with van der Waals surface area (Å²) in [7, 11) is 2.57. The molecule has 0 saturated carbocycles. The second kappa shape index (κ2) is 10.4. The molecule has 2 N–H and O–H groups in total. The summed E-state index contributed by atoms with van der Waals surface area (Å²) in [5.41, 5.74) is 2.73. The van der Waals surface area contributed by atoms with E-state index in [0.29, 0.717) is 5.69 Å². The number of aryl methyl sites for hydroxylation is 1. The first-order valence-electron chi connectivity index (χ1n) is 10.4. The number of sulfonamides is 1. The minimum absolute atomic E-state index is 0.0404. The quantitative estimate of drug-likeness (QED) is 0.539. The summed E-state index contributed by atoms with van der Waals surface area (Å²) in [4.78, 5) is 31.5. The Morgan fingerprint density at radius 2 is 1.86 bits per heavy atom. The highest BCUT2D eigenvalue weighted by molar-refractivity contribution is 7.92. The Kier molecular flexibility index (Phi) is 7.71. The molecule has 1 aliphatic rings. The number of nitrogens with one attached hydrogen (secondary N) is 2. The van der Waals surface area contributed by atoms with Crippen LogP contribution in [0.2, 0.25) is 5.02 Å². The molecular formula is C23H26ClN5O5S. The average molecular weight is 520 g/mol. The van der Waals surface area contributed by atoms with E-state index in [0.717, 1.165) is 27.2 Å². The third-order valence-electron chi connectivity index (χ3n) is 5.34. The maximum atomic E-state index is 13.5. The van der Waals surface area contributed by atoms with Crippen LogP contribution in [-0.4, -0.2) is 64.7 Å². The lowest BCUT2D eigenvalue weighted by atomic mass is 10.1. The van der Waals surface area contributed by atoms with E-state index in [1.165, 1.54) is 32.4 Å². The topological polar surface area (TPSA) is 120 Å². The number of likely N-dealkylation sites (N-methyl/N-ethyl adjacent to an activating group) is 1. The van der Waals surface area contributed by atoms with Gasteiger partial charge in [0.05, 0.1) is 28.8 Å². The zero-order valence-corrected chi connectivity index (χ0v) is 21.4. The first-order chi connectivity index (χ1) is 16.4. The number of rotatable bonds is 7. The fraction of sp³-hybridized carbons (Fsp3) is 0.261. The van der Waals surface area contributed by atoms with E-state index < -0.39 is 27.9 Å². The molecule has 10 nitrogen and oxygen atoms in total. The first kappa shape index (κ1) is 26.0. The van der Waals surface area contributed by atoms with Gasteiger partial charge in [0.15, 0.2) is 11.9 Å². The summed E-state index contributed by atoms with van der Waals surface area (Å²) in [6.07, 6.45) is 1.12. The molecule has 2 aromatic carbocycles. The van der Waals surface area contributed by atoms with Gasteiger partial charge in [-0.25, -0.2) is 18.2 Å². The van der Waals surface area contributed by atoms with Crippen LogP contribution in [0.15, 0.2) is 53.0 Å². The number of ether oxygens (including phenoxy) is 1. The smallest absolute Gasteiger partial charge is 0.337 e. The molecule has 35 heavy (non-hydrogen) atoms. The van der Waals surface area contributed by atoms with Crippen LogP contribution in [0.4, 0.5) is 17.1 Å². The number of amides is 1. The van der Waals surface area contributed by atoms with Crippen LogP contribution in [-0.2, 0) is 19.6 Å². The average Bonchev–Trinajstić information content (AvgIpc) is 2.81. The first-order valence-corrected chi connectivity index (χ1v) is 12.3. The highest BCUT2D eigenvalue weighted by Gasteiger charge is 2.34. The molecule has 1 atom stereocenters. The van der Waals surface area contributed by atoms with Gasteiger partial charge in [-0.2, -0.15) is 0 Å². The van der Waals surface area contributed by atoms with E-state index in [-0.39, 0.29) is 22.1 Å². The van der Waals surface area contributed by atoms with Crippen LogP contribution >= 0.6 is 11.6 Å². The monoisotopic (exact) mass is 519 g/mol. The largest absolute Gasteiger partial charge is 0.465 e. The minimum atomic E-state index is -3.80. The molecule has 0 fully saturated rings. The zero-order valence-electron chi connectivity index (χ0n) is 19.9. The van der Waals surface area contributed by atoms with Gasteiger partial charge in [-0.15, -0.1) is 0 Å². The molecule has 186 valence electrons.